The van der Waals surface area contributed by atoms with Crippen LogP contribution < -0.4 is 5.32 Å². The van der Waals surface area contributed by atoms with Gasteiger partial charge in [-0.2, -0.15) is 0 Å². The van der Waals surface area contributed by atoms with Crippen molar-refractivity contribution in [3.05, 3.63) is 34.3 Å². The third-order valence-electron chi connectivity index (χ3n) is 3.22. The second-order valence-electron chi connectivity index (χ2n) is 4.92. The van der Waals surface area contributed by atoms with Gasteiger partial charge < -0.3 is 5.32 Å². The van der Waals surface area contributed by atoms with E-state index in [1.807, 2.05) is 12.1 Å². The quantitative estimate of drug-likeness (QED) is 0.818. The predicted octanol–water partition coefficient (Wildman–Crippen LogP) is 4.03. The van der Waals surface area contributed by atoms with E-state index in [1.54, 1.807) is 0 Å². The van der Waals surface area contributed by atoms with Crippen LogP contribution in [0.5, 0.6) is 0 Å². The van der Waals surface area contributed by atoms with Gasteiger partial charge in [0.2, 0.25) is 0 Å². The van der Waals surface area contributed by atoms with Crippen LogP contribution in [-0.2, 0) is 6.54 Å². The minimum absolute atomic E-state index is 0.715. The molecule has 0 saturated heterocycles. The highest BCUT2D eigenvalue weighted by atomic mass is 35.5. The summed E-state index contributed by atoms with van der Waals surface area (Å²) in [6, 6.07) is 6.08. The SMILES string of the molecule is Cc1cc(Cl)ccc1CNCC(C)C(C)C. The molecule has 16 heavy (non-hydrogen) atoms. The summed E-state index contributed by atoms with van der Waals surface area (Å²) in [7, 11) is 0. The molecule has 1 rings (SSSR count). The molecule has 1 N–H and O–H groups in total. The second-order valence-corrected chi connectivity index (χ2v) is 5.36. The van der Waals surface area contributed by atoms with E-state index in [4.69, 9.17) is 11.6 Å². The Morgan fingerprint density at radius 2 is 1.94 bits per heavy atom. The highest BCUT2D eigenvalue weighted by molar-refractivity contribution is 6.30. The monoisotopic (exact) mass is 239 g/mol. The lowest BCUT2D eigenvalue weighted by Gasteiger charge is -2.16. The summed E-state index contributed by atoms with van der Waals surface area (Å²) in [6.45, 7) is 10.9. The summed E-state index contributed by atoms with van der Waals surface area (Å²) < 4.78 is 0. The van der Waals surface area contributed by atoms with E-state index in [1.165, 1.54) is 11.1 Å². The molecule has 0 fully saturated rings. The first-order valence-corrected chi connectivity index (χ1v) is 6.34. The molecule has 2 heteroatoms. The third kappa shape index (κ3) is 4.15. The van der Waals surface area contributed by atoms with Crippen LogP contribution in [0.25, 0.3) is 0 Å². The van der Waals surface area contributed by atoms with Crippen molar-refractivity contribution in [2.45, 2.75) is 34.2 Å². The lowest BCUT2D eigenvalue weighted by molar-refractivity contribution is 0.392. The van der Waals surface area contributed by atoms with E-state index in [2.05, 4.69) is 39.1 Å². The number of benzene rings is 1. The highest BCUT2D eigenvalue weighted by Gasteiger charge is 2.06. The van der Waals surface area contributed by atoms with Crippen LogP contribution in [0, 0.1) is 18.8 Å². The molecule has 0 heterocycles. The van der Waals surface area contributed by atoms with Crippen molar-refractivity contribution < 1.29 is 0 Å². The molecule has 90 valence electrons. The average Bonchev–Trinajstić information content (AvgIpc) is 2.20. The van der Waals surface area contributed by atoms with Crippen molar-refractivity contribution >= 4 is 11.6 Å². The van der Waals surface area contributed by atoms with E-state index >= 15 is 0 Å². The van der Waals surface area contributed by atoms with Crippen molar-refractivity contribution in [3.8, 4) is 0 Å². The zero-order valence-corrected chi connectivity index (χ0v) is 11.4. The van der Waals surface area contributed by atoms with Crippen LogP contribution in [0.15, 0.2) is 18.2 Å². The Hall–Kier alpha value is -0.530. The molecule has 0 aromatic heterocycles. The van der Waals surface area contributed by atoms with E-state index in [0.717, 1.165) is 24.0 Å². The van der Waals surface area contributed by atoms with Gasteiger partial charge in [0.05, 0.1) is 0 Å². The van der Waals surface area contributed by atoms with Gasteiger partial charge in [-0.1, -0.05) is 38.4 Å². The summed E-state index contributed by atoms with van der Waals surface area (Å²) in [4.78, 5) is 0. The summed E-state index contributed by atoms with van der Waals surface area (Å²) in [6.07, 6.45) is 0. The number of hydrogen-bond donors (Lipinski definition) is 1. The highest BCUT2D eigenvalue weighted by Crippen LogP contribution is 2.15. The molecule has 1 aromatic rings. The fourth-order valence-corrected chi connectivity index (χ4v) is 1.75. The Morgan fingerprint density at radius 1 is 1.25 bits per heavy atom. The van der Waals surface area contributed by atoms with Crippen molar-refractivity contribution in [1.29, 1.82) is 0 Å². The summed E-state index contributed by atoms with van der Waals surface area (Å²) >= 11 is 5.92. The molecule has 1 unspecified atom stereocenters. The first kappa shape index (κ1) is 13.5. The Labute approximate surface area is 104 Å². The first-order chi connectivity index (χ1) is 7.50. The average molecular weight is 240 g/mol. The second kappa shape index (κ2) is 6.27. The third-order valence-corrected chi connectivity index (χ3v) is 3.46. The normalized spacial score (nSPS) is 13.1. The van der Waals surface area contributed by atoms with Crippen LogP contribution in [-0.4, -0.2) is 6.54 Å². The molecule has 1 atom stereocenters. The molecule has 1 aromatic carbocycles. The molecule has 0 amide bonds. The lowest BCUT2D eigenvalue weighted by Crippen LogP contribution is -2.24. The molecule has 0 bridgehead atoms. The summed E-state index contributed by atoms with van der Waals surface area (Å²) in [5.41, 5.74) is 2.59. The van der Waals surface area contributed by atoms with Crippen LogP contribution >= 0.6 is 11.6 Å². The van der Waals surface area contributed by atoms with Crippen molar-refractivity contribution in [1.82, 2.24) is 5.32 Å². The Balaban J connectivity index is 2.43. The van der Waals surface area contributed by atoms with Gasteiger partial charge in [-0.05, 0) is 48.6 Å². The number of aryl methyl sites for hydroxylation is 1. The molecule has 0 radical (unpaired) electrons. The van der Waals surface area contributed by atoms with Crippen molar-refractivity contribution in [3.63, 3.8) is 0 Å². The van der Waals surface area contributed by atoms with Gasteiger partial charge in [0.1, 0.15) is 0 Å². The number of rotatable bonds is 5. The van der Waals surface area contributed by atoms with E-state index in [-0.39, 0.29) is 0 Å². The van der Waals surface area contributed by atoms with Gasteiger partial charge in [-0.15, -0.1) is 0 Å². The van der Waals surface area contributed by atoms with Crippen LogP contribution in [0.2, 0.25) is 5.02 Å². The number of hydrogen-bond acceptors (Lipinski definition) is 1. The Morgan fingerprint density at radius 3 is 2.50 bits per heavy atom. The van der Waals surface area contributed by atoms with Crippen LogP contribution in [0.1, 0.15) is 31.9 Å². The number of halogens is 1. The van der Waals surface area contributed by atoms with Crippen molar-refractivity contribution in [2.75, 3.05) is 6.54 Å². The van der Waals surface area contributed by atoms with Gasteiger partial charge >= 0.3 is 0 Å². The zero-order valence-electron chi connectivity index (χ0n) is 10.7. The molecule has 0 aliphatic carbocycles. The molecule has 0 spiro atoms. The minimum atomic E-state index is 0.715. The minimum Gasteiger partial charge on any atom is -0.312 e. The summed E-state index contributed by atoms with van der Waals surface area (Å²) in [5.74, 6) is 1.45. The molecule has 0 aliphatic heterocycles. The molecular formula is C14H22ClN. The first-order valence-electron chi connectivity index (χ1n) is 5.96. The van der Waals surface area contributed by atoms with Crippen molar-refractivity contribution in [2.24, 2.45) is 11.8 Å². The summed E-state index contributed by atoms with van der Waals surface area (Å²) in [5, 5.41) is 4.32. The molecule has 0 aliphatic rings. The Kier molecular flexibility index (Phi) is 5.30. The maximum absolute atomic E-state index is 5.92. The Bertz CT molecular complexity index is 334. The van der Waals surface area contributed by atoms with Crippen LogP contribution in [0.3, 0.4) is 0 Å². The smallest absolute Gasteiger partial charge is 0.0408 e. The van der Waals surface area contributed by atoms with E-state index in [9.17, 15) is 0 Å². The topological polar surface area (TPSA) is 12.0 Å². The van der Waals surface area contributed by atoms with E-state index in [0.29, 0.717) is 5.92 Å². The maximum Gasteiger partial charge on any atom is 0.0408 e. The predicted molar refractivity (Wildman–Crippen MR) is 71.9 cm³/mol. The van der Waals surface area contributed by atoms with Gasteiger partial charge in [0, 0.05) is 11.6 Å². The molecule has 0 saturated carbocycles. The maximum atomic E-state index is 5.92. The zero-order chi connectivity index (χ0) is 12.1. The largest absolute Gasteiger partial charge is 0.312 e. The van der Waals surface area contributed by atoms with Gasteiger partial charge in [0.15, 0.2) is 0 Å². The number of nitrogens with one attached hydrogen (secondary N) is 1. The standard InChI is InChI=1S/C14H22ClN/c1-10(2)12(4)8-16-9-13-5-6-14(15)7-11(13)3/h5-7,10,12,16H,8-9H2,1-4H3. The lowest BCUT2D eigenvalue weighted by atomic mass is 9.98. The van der Waals surface area contributed by atoms with Crippen LogP contribution in [0.4, 0.5) is 0 Å². The van der Waals surface area contributed by atoms with Gasteiger partial charge in [-0.25, -0.2) is 0 Å². The fourth-order valence-electron chi connectivity index (χ4n) is 1.53. The molecular weight excluding hydrogens is 218 g/mol. The van der Waals surface area contributed by atoms with Gasteiger partial charge in [0.25, 0.3) is 0 Å². The molecule has 1 nitrogen and oxygen atoms in total. The fraction of sp³-hybridized carbons (Fsp3) is 0.571. The van der Waals surface area contributed by atoms with E-state index < -0.39 is 0 Å². The van der Waals surface area contributed by atoms with Gasteiger partial charge in [-0.3, -0.25) is 0 Å².